The quantitative estimate of drug-likeness (QED) is 0.771. The molecular formula is C13H26N2O. The molecule has 0 aromatic heterocycles. The van der Waals surface area contributed by atoms with Gasteiger partial charge in [0.15, 0.2) is 0 Å². The van der Waals surface area contributed by atoms with Gasteiger partial charge in [0, 0.05) is 18.6 Å². The predicted octanol–water partition coefficient (Wildman–Crippen LogP) is 3.01. The summed E-state index contributed by atoms with van der Waals surface area (Å²) in [5.41, 5.74) is 0.232. The van der Waals surface area contributed by atoms with Crippen LogP contribution in [0, 0.1) is 5.41 Å². The average Bonchev–Trinajstić information content (AvgIpc) is 2.60. The smallest absolute Gasteiger partial charge is 0.317 e. The Morgan fingerprint density at radius 1 is 1.31 bits per heavy atom. The molecule has 1 N–H and O–H groups in total. The van der Waals surface area contributed by atoms with E-state index in [-0.39, 0.29) is 11.6 Å². The first kappa shape index (κ1) is 13.3. The third-order valence-electron chi connectivity index (χ3n) is 3.71. The number of rotatable bonds is 2. The number of hydrogen-bond donors (Lipinski definition) is 1. The van der Waals surface area contributed by atoms with Gasteiger partial charge in [0.2, 0.25) is 0 Å². The molecular weight excluding hydrogens is 200 g/mol. The molecule has 1 fully saturated rings. The van der Waals surface area contributed by atoms with Gasteiger partial charge < -0.3 is 10.2 Å². The molecule has 0 bridgehead atoms. The molecule has 2 amide bonds. The van der Waals surface area contributed by atoms with Crippen molar-refractivity contribution >= 4 is 6.03 Å². The maximum atomic E-state index is 12.0. The van der Waals surface area contributed by atoms with E-state index in [0.717, 1.165) is 19.5 Å². The first-order chi connectivity index (χ1) is 7.32. The van der Waals surface area contributed by atoms with Gasteiger partial charge in [-0.15, -0.1) is 0 Å². The zero-order valence-corrected chi connectivity index (χ0v) is 11.4. The zero-order valence-electron chi connectivity index (χ0n) is 11.4. The largest absolute Gasteiger partial charge is 0.333 e. The second-order valence-corrected chi connectivity index (χ2v) is 6.06. The van der Waals surface area contributed by atoms with Crippen LogP contribution in [0.3, 0.4) is 0 Å². The first-order valence-electron chi connectivity index (χ1n) is 6.39. The Labute approximate surface area is 99.6 Å². The molecule has 1 rings (SSSR count). The van der Waals surface area contributed by atoms with E-state index < -0.39 is 0 Å². The molecule has 0 radical (unpaired) electrons. The van der Waals surface area contributed by atoms with Crippen LogP contribution in [0.15, 0.2) is 0 Å². The van der Waals surface area contributed by atoms with Crippen molar-refractivity contribution in [3.05, 3.63) is 0 Å². The fourth-order valence-corrected chi connectivity index (χ4v) is 2.34. The molecule has 94 valence electrons. The van der Waals surface area contributed by atoms with E-state index in [9.17, 15) is 4.79 Å². The first-order valence-corrected chi connectivity index (χ1v) is 6.39. The van der Waals surface area contributed by atoms with Crippen molar-refractivity contribution in [1.82, 2.24) is 10.2 Å². The molecule has 16 heavy (non-hydrogen) atoms. The molecule has 1 saturated heterocycles. The Balaban J connectivity index is 2.56. The van der Waals surface area contributed by atoms with Crippen LogP contribution in [-0.2, 0) is 0 Å². The minimum atomic E-state index is -0.138. The number of likely N-dealkylation sites (tertiary alicyclic amines) is 1. The van der Waals surface area contributed by atoms with Gasteiger partial charge in [-0.05, 0) is 45.4 Å². The fourth-order valence-electron chi connectivity index (χ4n) is 2.34. The molecule has 1 heterocycles. The van der Waals surface area contributed by atoms with Gasteiger partial charge in [0.1, 0.15) is 0 Å². The van der Waals surface area contributed by atoms with Crippen LogP contribution in [0.4, 0.5) is 4.79 Å². The summed E-state index contributed by atoms with van der Waals surface area (Å²) in [6.45, 7) is 12.4. The molecule has 0 aromatic carbocycles. The molecule has 0 atom stereocenters. The minimum Gasteiger partial charge on any atom is -0.333 e. The Bertz CT molecular complexity index is 251. The normalized spacial score (nSPS) is 19.9. The SMILES string of the molecule is CCC1(CC)CCN(C(=O)NC(C)(C)C)C1. The van der Waals surface area contributed by atoms with Crippen molar-refractivity contribution in [1.29, 1.82) is 0 Å². The monoisotopic (exact) mass is 226 g/mol. The third-order valence-corrected chi connectivity index (χ3v) is 3.71. The highest BCUT2D eigenvalue weighted by molar-refractivity contribution is 5.75. The molecule has 0 spiro atoms. The summed E-state index contributed by atoms with van der Waals surface area (Å²) in [7, 11) is 0. The highest BCUT2D eigenvalue weighted by Gasteiger charge is 2.37. The Morgan fingerprint density at radius 3 is 2.25 bits per heavy atom. The Kier molecular flexibility index (Phi) is 3.87. The lowest BCUT2D eigenvalue weighted by atomic mass is 9.82. The van der Waals surface area contributed by atoms with Crippen LogP contribution in [0.2, 0.25) is 0 Å². The molecule has 3 heteroatoms. The van der Waals surface area contributed by atoms with Gasteiger partial charge in [-0.1, -0.05) is 13.8 Å². The lowest BCUT2D eigenvalue weighted by Crippen LogP contribution is -2.48. The molecule has 1 aliphatic rings. The number of amides is 2. The number of carbonyl (C=O) groups excluding carboxylic acids is 1. The van der Waals surface area contributed by atoms with Crippen molar-refractivity contribution in [2.45, 2.75) is 59.4 Å². The van der Waals surface area contributed by atoms with Gasteiger partial charge in [-0.3, -0.25) is 0 Å². The lowest BCUT2D eigenvalue weighted by molar-refractivity contribution is 0.188. The van der Waals surface area contributed by atoms with Crippen LogP contribution >= 0.6 is 0 Å². The van der Waals surface area contributed by atoms with Gasteiger partial charge in [-0.25, -0.2) is 4.79 Å². The number of nitrogens with zero attached hydrogens (tertiary/aromatic N) is 1. The molecule has 3 nitrogen and oxygen atoms in total. The lowest BCUT2D eigenvalue weighted by Gasteiger charge is -2.28. The van der Waals surface area contributed by atoms with Gasteiger partial charge >= 0.3 is 6.03 Å². The van der Waals surface area contributed by atoms with E-state index in [2.05, 4.69) is 19.2 Å². The summed E-state index contributed by atoms with van der Waals surface area (Å²) in [6, 6.07) is 0.0938. The molecule has 0 aliphatic carbocycles. The summed E-state index contributed by atoms with van der Waals surface area (Å²) in [6.07, 6.45) is 3.49. The number of urea groups is 1. The highest BCUT2D eigenvalue weighted by Crippen LogP contribution is 2.36. The molecule has 0 unspecified atom stereocenters. The number of nitrogens with one attached hydrogen (secondary N) is 1. The van der Waals surface area contributed by atoms with E-state index in [4.69, 9.17) is 0 Å². The molecule has 0 saturated carbocycles. The minimum absolute atomic E-state index is 0.0938. The third kappa shape index (κ3) is 3.13. The van der Waals surface area contributed by atoms with Crippen molar-refractivity contribution in [2.75, 3.05) is 13.1 Å². The summed E-state index contributed by atoms with van der Waals surface area (Å²) < 4.78 is 0. The van der Waals surface area contributed by atoms with Gasteiger partial charge in [-0.2, -0.15) is 0 Å². The van der Waals surface area contributed by atoms with Crippen LogP contribution in [-0.4, -0.2) is 29.6 Å². The van der Waals surface area contributed by atoms with Crippen molar-refractivity contribution in [3.63, 3.8) is 0 Å². The van der Waals surface area contributed by atoms with E-state index in [1.807, 2.05) is 25.7 Å². The zero-order chi connectivity index (χ0) is 12.4. The number of carbonyl (C=O) groups is 1. The van der Waals surface area contributed by atoms with Crippen molar-refractivity contribution in [2.24, 2.45) is 5.41 Å². The Morgan fingerprint density at radius 2 is 1.88 bits per heavy atom. The Hall–Kier alpha value is -0.730. The topological polar surface area (TPSA) is 32.3 Å². The summed E-state index contributed by atoms with van der Waals surface area (Å²) >= 11 is 0. The number of hydrogen-bond acceptors (Lipinski definition) is 1. The van der Waals surface area contributed by atoms with Gasteiger partial charge in [0.25, 0.3) is 0 Å². The maximum Gasteiger partial charge on any atom is 0.317 e. The van der Waals surface area contributed by atoms with Crippen LogP contribution in [0.25, 0.3) is 0 Å². The molecule has 0 aromatic rings. The van der Waals surface area contributed by atoms with E-state index in [0.29, 0.717) is 5.41 Å². The van der Waals surface area contributed by atoms with Crippen LogP contribution in [0.1, 0.15) is 53.9 Å². The standard InChI is InChI=1S/C13H26N2O/c1-6-13(7-2)8-9-15(10-13)11(16)14-12(3,4)5/h6-10H2,1-5H3,(H,14,16). The van der Waals surface area contributed by atoms with Crippen molar-refractivity contribution in [3.8, 4) is 0 Å². The van der Waals surface area contributed by atoms with E-state index in [1.54, 1.807) is 0 Å². The average molecular weight is 226 g/mol. The van der Waals surface area contributed by atoms with Gasteiger partial charge in [0.05, 0.1) is 0 Å². The molecule has 1 aliphatic heterocycles. The summed E-state index contributed by atoms with van der Waals surface area (Å²) in [5, 5.41) is 3.03. The van der Waals surface area contributed by atoms with Crippen LogP contribution < -0.4 is 5.32 Å². The highest BCUT2D eigenvalue weighted by atomic mass is 16.2. The van der Waals surface area contributed by atoms with Crippen molar-refractivity contribution < 1.29 is 4.79 Å². The predicted molar refractivity (Wildman–Crippen MR) is 67.5 cm³/mol. The van der Waals surface area contributed by atoms with Crippen LogP contribution in [0.5, 0.6) is 0 Å². The van der Waals surface area contributed by atoms with E-state index in [1.165, 1.54) is 12.8 Å². The second kappa shape index (κ2) is 4.64. The summed E-state index contributed by atoms with van der Waals surface area (Å²) in [4.78, 5) is 14.0. The maximum absolute atomic E-state index is 12.0. The van der Waals surface area contributed by atoms with E-state index >= 15 is 0 Å². The second-order valence-electron chi connectivity index (χ2n) is 6.06. The fraction of sp³-hybridized carbons (Fsp3) is 0.923. The summed E-state index contributed by atoms with van der Waals surface area (Å²) in [5.74, 6) is 0.